The predicted octanol–water partition coefficient (Wildman–Crippen LogP) is 7.28. The van der Waals surface area contributed by atoms with E-state index in [2.05, 4.69) is 45.0 Å². The normalized spacial score (nSPS) is 19.2. The molecule has 2 aromatic carbocycles. The number of hydrogen-bond acceptors (Lipinski definition) is 5. The first-order chi connectivity index (χ1) is 18.8. The fourth-order valence-electron chi connectivity index (χ4n) is 5.37. The summed E-state index contributed by atoms with van der Waals surface area (Å²) in [6, 6.07) is 18.1. The number of carboxylic acid groups (broad SMARTS) is 1. The van der Waals surface area contributed by atoms with E-state index in [9.17, 15) is 9.90 Å². The lowest BCUT2D eigenvalue weighted by molar-refractivity contribution is -0.166. The van der Waals surface area contributed by atoms with Gasteiger partial charge < -0.3 is 19.0 Å². The first-order valence-electron chi connectivity index (χ1n) is 14.4. The zero-order chi connectivity index (χ0) is 27.8. The number of aliphatic carboxylic acids is 1. The van der Waals surface area contributed by atoms with Gasteiger partial charge in [0, 0.05) is 18.4 Å². The molecule has 6 nitrogen and oxygen atoms in total. The third kappa shape index (κ3) is 8.02. The first-order valence-corrected chi connectivity index (χ1v) is 14.4. The zero-order valence-electron chi connectivity index (χ0n) is 23.8. The van der Waals surface area contributed by atoms with Crippen molar-refractivity contribution in [3.05, 3.63) is 77.2 Å². The van der Waals surface area contributed by atoms with E-state index in [4.69, 9.17) is 18.9 Å². The third-order valence-electron chi connectivity index (χ3n) is 7.61. The topological polar surface area (TPSA) is 81.8 Å². The highest BCUT2D eigenvalue weighted by Crippen LogP contribution is 2.30. The Hall–Kier alpha value is -2.96. The molecule has 1 N–H and O–H groups in total. The Morgan fingerprint density at radius 3 is 2.51 bits per heavy atom. The second-order valence-electron chi connectivity index (χ2n) is 11.5. The fraction of sp³-hybridized carbons (Fsp3) is 0.515. The number of ether oxygens (including phenoxy) is 2. The summed E-state index contributed by atoms with van der Waals surface area (Å²) in [5.74, 6) is 1.46. The van der Waals surface area contributed by atoms with Crippen molar-refractivity contribution in [3.63, 3.8) is 0 Å². The molecule has 0 spiro atoms. The predicted molar refractivity (Wildman–Crippen MR) is 153 cm³/mol. The fourth-order valence-corrected chi connectivity index (χ4v) is 5.37. The number of oxazole rings is 1. The van der Waals surface area contributed by atoms with Gasteiger partial charge in [0.1, 0.15) is 11.5 Å². The molecule has 4 rings (SSSR count). The summed E-state index contributed by atoms with van der Waals surface area (Å²) in [6.45, 7) is 9.02. The average molecular weight is 534 g/mol. The summed E-state index contributed by atoms with van der Waals surface area (Å²) in [4.78, 5) is 16.9. The minimum atomic E-state index is -1.25. The van der Waals surface area contributed by atoms with Crippen molar-refractivity contribution in [2.45, 2.75) is 91.0 Å². The van der Waals surface area contributed by atoms with Crippen molar-refractivity contribution >= 4 is 5.97 Å². The van der Waals surface area contributed by atoms with Crippen LogP contribution in [0.3, 0.4) is 0 Å². The lowest BCUT2D eigenvalue weighted by Gasteiger charge is -2.32. The largest absolute Gasteiger partial charge is 0.479 e. The van der Waals surface area contributed by atoms with Crippen molar-refractivity contribution in [3.8, 4) is 11.5 Å². The molecular formula is C33H43NO5. The van der Waals surface area contributed by atoms with Crippen LogP contribution >= 0.6 is 0 Å². The summed E-state index contributed by atoms with van der Waals surface area (Å²) >= 11 is 0. The standard InChI is InChI=1S/C33H43NO5/c1-5-30-29(34-31(39-30)27-16-14-24(15-17-27)18-23(2)3)22-37-28-13-9-12-26(19-28)21-38-33(4,32(35)36)20-25-10-7-6-8-11-25/h6-8,10-11,14-17,23,26,28H,5,9,12-13,18-22H2,1-4H3,(H,35,36)/t26?,28-,33?/m0/s1. The van der Waals surface area contributed by atoms with Gasteiger partial charge in [0.2, 0.25) is 5.89 Å². The van der Waals surface area contributed by atoms with Gasteiger partial charge in [-0.1, -0.05) is 69.7 Å². The molecule has 0 bridgehead atoms. The Morgan fingerprint density at radius 2 is 1.85 bits per heavy atom. The summed E-state index contributed by atoms with van der Waals surface area (Å²) in [6.07, 6.45) is 6.14. The molecule has 1 saturated carbocycles. The molecule has 0 amide bonds. The number of benzene rings is 2. The second kappa shape index (κ2) is 13.4. The van der Waals surface area contributed by atoms with Crippen LogP contribution in [0.4, 0.5) is 0 Å². The molecule has 0 radical (unpaired) electrons. The highest BCUT2D eigenvalue weighted by molar-refractivity contribution is 5.77. The van der Waals surface area contributed by atoms with E-state index in [1.54, 1.807) is 6.92 Å². The number of rotatable bonds is 13. The van der Waals surface area contributed by atoms with Crippen LogP contribution in [-0.2, 0) is 40.1 Å². The summed E-state index contributed by atoms with van der Waals surface area (Å²) in [7, 11) is 0. The van der Waals surface area contributed by atoms with E-state index >= 15 is 0 Å². The number of carboxylic acids is 1. The molecule has 1 aliphatic carbocycles. The van der Waals surface area contributed by atoms with Gasteiger partial charge >= 0.3 is 5.97 Å². The molecule has 2 unspecified atom stereocenters. The van der Waals surface area contributed by atoms with Gasteiger partial charge in [-0.2, -0.15) is 0 Å². The smallest absolute Gasteiger partial charge is 0.336 e. The number of aromatic nitrogens is 1. The number of nitrogens with zero attached hydrogens (tertiary/aromatic N) is 1. The maximum absolute atomic E-state index is 12.1. The van der Waals surface area contributed by atoms with Gasteiger partial charge in [-0.3, -0.25) is 0 Å². The molecule has 1 heterocycles. The molecule has 1 fully saturated rings. The van der Waals surface area contributed by atoms with Crippen LogP contribution in [0.2, 0.25) is 0 Å². The lowest BCUT2D eigenvalue weighted by Crippen LogP contribution is -2.42. The van der Waals surface area contributed by atoms with Crippen LogP contribution in [0.5, 0.6) is 0 Å². The van der Waals surface area contributed by atoms with E-state index in [1.807, 2.05) is 30.3 Å². The molecule has 210 valence electrons. The molecule has 39 heavy (non-hydrogen) atoms. The molecular weight excluding hydrogens is 490 g/mol. The molecule has 0 aliphatic heterocycles. The lowest BCUT2D eigenvalue weighted by atomic mass is 9.87. The molecule has 0 saturated heterocycles. The third-order valence-corrected chi connectivity index (χ3v) is 7.61. The van der Waals surface area contributed by atoms with Crippen LogP contribution in [-0.4, -0.2) is 34.4 Å². The highest BCUT2D eigenvalue weighted by atomic mass is 16.5. The second-order valence-corrected chi connectivity index (χ2v) is 11.5. The summed E-state index contributed by atoms with van der Waals surface area (Å²) < 4.78 is 18.5. The van der Waals surface area contributed by atoms with Crippen LogP contribution in [0.25, 0.3) is 11.5 Å². The number of carbonyl (C=O) groups is 1. The van der Waals surface area contributed by atoms with Crippen molar-refractivity contribution in [1.82, 2.24) is 4.98 Å². The van der Waals surface area contributed by atoms with Gasteiger partial charge in [-0.15, -0.1) is 0 Å². The molecule has 6 heteroatoms. The first kappa shape index (κ1) is 29.0. The molecule has 1 aliphatic rings. The van der Waals surface area contributed by atoms with Crippen molar-refractivity contribution < 1.29 is 23.8 Å². The zero-order valence-corrected chi connectivity index (χ0v) is 23.8. The highest BCUT2D eigenvalue weighted by Gasteiger charge is 2.36. The van der Waals surface area contributed by atoms with Crippen molar-refractivity contribution in [1.29, 1.82) is 0 Å². The van der Waals surface area contributed by atoms with Crippen LogP contribution in [0.1, 0.15) is 76.0 Å². The minimum Gasteiger partial charge on any atom is -0.479 e. The summed E-state index contributed by atoms with van der Waals surface area (Å²) in [5.41, 5.74) is 2.86. The van der Waals surface area contributed by atoms with Gasteiger partial charge in [-0.05, 0) is 67.7 Å². The number of hydrogen-bond donors (Lipinski definition) is 1. The van der Waals surface area contributed by atoms with Crippen LogP contribution in [0.15, 0.2) is 59.0 Å². The van der Waals surface area contributed by atoms with Crippen LogP contribution < -0.4 is 0 Å². The summed E-state index contributed by atoms with van der Waals surface area (Å²) in [5, 5.41) is 9.90. The minimum absolute atomic E-state index is 0.0951. The quantitative estimate of drug-likeness (QED) is 0.249. The van der Waals surface area contributed by atoms with Crippen LogP contribution in [0, 0.1) is 11.8 Å². The van der Waals surface area contributed by atoms with Gasteiger partial charge in [0.05, 0.1) is 19.3 Å². The van der Waals surface area contributed by atoms with Crippen molar-refractivity contribution in [2.24, 2.45) is 11.8 Å². The van der Waals surface area contributed by atoms with Gasteiger partial charge in [-0.25, -0.2) is 9.78 Å². The Bertz CT molecular complexity index is 1190. The van der Waals surface area contributed by atoms with E-state index < -0.39 is 11.6 Å². The Labute approximate surface area is 232 Å². The van der Waals surface area contributed by atoms with E-state index in [1.165, 1.54) is 5.56 Å². The van der Waals surface area contributed by atoms with E-state index in [0.717, 1.165) is 61.1 Å². The molecule has 3 atom stereocenters. The SMILES string of the molecule is CCc1oc(-c2ccc(CC(C)C)cc2)nc1CO[C@H]1CCCC(COC(C)(Cc2ccccc2)C(=O)O)C1. The van der Waals surface area contributed by atoms with Gasteiger partial charge in [0.15, 0.2) is 5.60 Å². The molecule has 3 aromatic rings. The van der Waals surface area contributed by atoms with E-state index in [-0.39, 0.29) is 12.0 Å². The Balaban J connectivity index is 1.32. The maximum atomic E-state index is 12.1. The molecule has 1 aromatic heterocycles. The van der Waals surface area contributed by atoms with E-state index in [0.29, 0.717) is 31.4 Å². The van der Waals surface area contributed by atoms with Crippen molar-refractivity contribution in [2.75, 3.05) is 6.61 Å². The number of aryl methyl sites for hydroxylation is 1. The Morgan fingerprint density at radius 1 is 1.10 bits per heavy atom. The monoisotopic (exact) mass is 533 g/mol. The average Bonchev–Trinajstić information content (AvgIpc) is 3.35. The Kier molecular flexibility index (Phi) is 9.98. The maximum Gasteiger partial charge on any atom is 0.336 e. The van der Waals surface area contributed by atoms with Gasteiger partial charge in [0.25, 0.3) is 0 Å².